The number of nitrogen functional groups attached to an aromatic ring is 1. The summed E-state index contributed by atoms with van der Waals surface area (Å²) in [7, 11) is 0. The molecule has 2 N–H and O–H groups in total. The number of anilines is 1. The Morgan fingerprint density at radius 2 is 1.84 bits per heavy atom. The standard InChI is InChI=1S/C12H10F3N3O/c1-7-2-3-9(8(16)6-7)19-11-5-4-10(17-18-11)12(13,14)15/h2-6H,16H2,1H3. The van der Waals surface area contributed by atoms with Crippen molar-refractivity contribution in [2.45, 2.75) is 13.1 Å². The maximum absolute atomic E-state index is 12.3. The number of halogens is 3. The van der Waals surface area contributed by atoms with Crippen LogP contribution in [0.3, 0.4) is 0 Å². The highest BCUT2D eigenvalue weighted by atomic mass is 19.4. The van der Waals surface area contributed by atoms with E-state index in [9.17, 15) is 13.2 Å². The number of nitrogens with two attached hydrogens (primary N) is 1. The predicted molar refractivity (Wildman–Crippen MR) is 62.7 cm³/mol. The molecule has 0 radical (unpaired) electrons. The molecule has 0 fully saturated rings. The van der Waals surface area contributed by atoms with Crippen LogP contribution in [-0.4, -0.2) is 10.2 Å². The van der Waals surface area contributed by atoms with Crippen LogP contribution in [0.15, 0.2) is 30.3 Å². The van der Waals surface area contributed by atoms with Crippen molar-refractivity contribution >= 4 is 5.69 Å². The number of ether oxygens (including phenoxy) is 1. The van der Waals surface area contributed by atoms with Gasteiger partial charge in [-0.2, -0.15) is 13.2 Å². The maximum atomic E-state index is 12.3. The Kier molecular flexibility index (Phi) is 3.28. The van der Waals surface area contributed by atoms with E-state index in [0.29, 0.717) is 11.4 Å². The minimum absolute atomic E-state index is 0.0523. The number of hydrogen-bond acceptors (Lipinski definition) is 4. The lowest BCUT2D eigenvalue weighted by molar-refractivity contribution is -0.141. The summed E-state index contributed by atoms with van der Waals surface area (Å²) in [5.74, 6) is 0.267. The van der Waals surface area contributed by atoms with Crippen LogP contribution in [0, 0.1) is 6.92 Å². The summed E-state index contributed by atoms with van der Waals surface area (Å²) < 4.78 is 42.1. The minimum Gasteiger partial charge on any atom is -0.435 e. The highest BCUT2D eigenvalue weighted by molar-refractivity contribution is 5.55. The summed E-state index contributed by atoms with van der Waals surface area (Å²) in [6.07, 6.45) is -4.52. The zero-order chi connectivity index (χ0) is 14.0. The smallest absolute Gasteiger partial charge is 0.435 e. The van der Waals surface area contributed by atoms with Gasteiger partial charge in [0.05, 0.1) is 5.69 Å². The fourth-order valence-electron chi connectivity index (χ4n) is 1.40. The maximum Gasteiger partial charge on any atom is 0.435 e. The minimum atomic E-state index is -4.52. The molecule has 2 aromatic rings. The molecule has 0 amide bonds. The fraction of sp³-hybridized carbons (Fsp3) is 0.167. The molecule has 0 spiro atoms. The van der Waals surface area contributed by atoms with Crippen molar-refractivity contribution in [3.63, 3.8) is 0 Å². The summed E-state index contributed by atoms with van der Waals surface area (Å²) in [6.45, 7) is 1.86. The molecule has 0 saturated carbocycles. The lowest BCUT2D eigenvalue weighted by atomic mass is 10.2. The van der Waals surface area contributed by atoms with Gasteiger partial charge in [-0.1, -0.05) is 6.07 Å². The molecule has 1 aromatic heterocycles. The first-order chi connectivity index (χ1) is 8.86. The van der Waals surface area contributed by atoms with Crippen LogP contribution in [0.1, 0.15) is 11.3 Å². The van der Waals surface area contributed by atoms with Gasteiger partial charge in [0.25, 0.3) is 0 Å². The van der Waals surface area contributed by atoms with Crippen molar-refractivity contribution in [2.24, 2.45) is 0 Å². The molecule has 0 atom stereocenters. The van der Waals surface area contributed by atoms with Gasteiger partial charge in [-0.25, -0.2) is 0 Å². The molecule has 0 aliphatic heterocycles. The van der Waals surface area contributed by atoms with E-state index in [-0.39, 0.29) is 5.88 Å². The highest BCUT2D eigenvalue weighted by Crippen LogP contribution is 2.29. The molecule has 0 saturated heterocycles. The van der Waals surface area contributed by atoms with Gasteiger partial charge in [0, 0.05) is 6.07 Å². The van der Waals surface area contributed by atoms with Gasteiger partial charge in [-0.15, -0.1) is 10.2 Å². The third-order valence-electron chi connectivity index (χ3n) is 2.31. The lowest BCUT2D eigenvalue weighted by Crippen LogP contribution is -2.09. The molecule has 0 aliphatic carbocycles. The predicted octanol–water partition coefficient (Wildman–Crippen LogP) is 3.18. The van der Waals surface area contributed by atoms with E-state index in [0.717, 1.165) is 17.7 Å². The zero-order valence-corrected chi connectivity index (χ0v) is 9.90. The zero-order valence-electron chi connectivity index (χ0n) is 9.90. The van der Waals surface area contributed by atoms with E-state index in [4.69, 9.17) is 10.5 Å². The second-order valence-corrected chi connectivity index (χ2v) is 3.90. The van der Waals surface area contributed by atoms with Gasteiger partial charge in [0.2, 0.25) is 5.88 Å². The van der Waals surface area contributed by atoms with Crippen LogP contribution in [0.2, 0.25) is 0 Å². The van der Waals surface area contributed by atoms with E-state index in [1.54, 1.807) is 18.2 Å². The number of rotatable bonds is 2. The molecule has 0 aliphatic rings. The number of benzene rings is 1. The average molecular weight is 269 g/mol. The molecule has 1 heterocycles. The number of aryl methyl sites for hydroxylation is 1. The molecular weight excluding hydrogens is 259 g/mol. The quantitative estimate of drug-likeness (QED) is 0.850. The van der Waals surface area contributed by atoms with Gasteiger partial charge in [0.15, 0.2) is 11.4 Å². The number of nitrogens with zero attached hydrogens (tertiary/aromatic N) is 2. The summed E-state index contributed by atoms with van der Waals surface area (Å²) in [5, 5.41) is 6.41. The Balaban J connectivity index is 2.20. The topological polar surface area (TPSA) is 61.0 Å². The van der Waals surface area contributed by atoms with Crippen LogP contribution in [0.5, 0.6) is 11.6 Å². The normalized spacial score (nSPS) is 11.4. The number of aromatic nitrogens is 2. The molecule has 7 heteroatoms. The summed E-state index contributed by atoms with van der Waals surface area (Å²) >= 11 is 0. The molecular formula is C12H10F3N3O. The Morgan fingerprint density at radius 3 is 2.37 bits per heavy atom. The Morgan fingerprint density at radius 1 is 1.11 bits per heavy atom. The SMILES string of the molecule is Cc1ccc(Oc2ccc(C(F)(F)F)nn2)c(N)c1. The number of hydrogen-bond donors (Lipinski definition) is 1. The van der Waals surface area contributed by atoms with Gasteiger partial charge in [-0.05, 0) is 30.7 Å². The van der Waals surface area contributed by atoms with Crippen LogP contribution >= 0.6 is 0 Å². The van der Waals surface area contributed by atoms with E-state index < -0.39 is 11.9 Å². The third-order valence-corrected chi connectivity index (χ3v) is 2.31. The van der Waals surface area contributed by atoms with Gasteiger partial charge in [-0.3, -0.25) is 0 Å². The first kappa shape index (κ1) is 13.1. The van der Waals surface area contributed by atoms with Crippen molar-refractivity contribution in [3.8, 4) is 11.6 Å². The summed E-state index contributed by atoms with van der Waals surface area (Å²) in [5.41, 5.74) is 5.97. The van der Waals surface area contributed by atoms with Gasteiger partial charge in [0.1, 0.15) is 0 Å². The van der Waals surface area contributed by atoms with Crippen molar-refractivity contribution in [1.29, 1.82) is 0 Å². The van der Waals surface area contributed by atoms with Crippen molar-refractivity contribution in [3.05, 3.63) is 41.6 Å². The molecule has 2 rings (SSSR count). The first-order valence-electron chi connectivity index (χ1n) is 5.31. The van der Waals surface area contributed by atoms with Crippen LogP contribution < -0.4 is 10.5 Å². The average Bonchev–Trinajstić information content (AvgIpc) is 2.32. The lowest BCUT2D eigenvalue weighted by Gasteiger charge is -2.09. The second-order valence-electron chi connectivity index (χ2n) is 3.90. The Bertz CT molecular complexity index is 582. The van der Waals surface area contributed by atoms with Gasteiger partial charge >= 0.3 is 6.18 Å². The van der Waals surface area contributed by atoms with E-state index in [1.165, 1.54) is 0 Å². The van der Waals surface area contributed by atoms with E-state index in [2.05, 4.69) is 10.2 Å². The molecule has 100 valence electrons. The number of alkyl halides is 3. The first-order valence-corrected chi connectivity index (χ1v) is 5.31. The summed E-state index contributed by atoms with van der Waals surface area (Å²) in [4.78, 5) is 0. The van der Waals surface area contributed by atoms with E-state index in [1.807, 2.05) is 6.92 Å². The third kappa shape index (κ3) is 3.12. The summed E-state index contributed by atoms with van der Waals surface area (Å²) in [6, 6.07) is 6.96. The Labute approximate surface area is 107 Å². The van der Waals surface area contributed by atoms with Gasteiger partial charge < -0.3 is 10.5 Å². The van der Waals surface area contributed by atoms with Crippen molar-refractivity contribution in [2.75, 3.05) is 5.73 Å². The molecule has 1 aromatic carbocycles. The Hall–Kier alpha value is -2.31. The van der Waals surface area contributed by atoms with Crippen LogP contribution in [-0.2, 0) is 6.18 Å². The van der Waals surface area contributed by atoms with Crippen molar-refractivity contribution in [1.82, 2.24) is 10.2 Å². The molecule has 0 unspecified atom stereocenters. The monoisotopic (exact) mass is 269 g/mol. The fourth-order valence-corrected chi connectivity index (χ4v) is 1.40. The van der Waals surface area contributed by atoms with Crippen LogP contribution in [0.4, 0.5) is 18.9 Å². The van der Waals surface area contributed by atoms with Crippen molar-refractivity contribution < 1.29 is 17.9 Å². The molecule has 0 bridgehead atoms. The molecule has 4 nitrogen and oxygen atoms in total. The second kappa shape index (κ2) is 4.75. The largest absolute Gasteiger partial charge is 0.435 e. The van der Waals surface area contributed by atoms with Crippen LogP contribution in [0.25, 0.3) is 0 Å². The highest BCUT2D eigenvalue weighted by Gasteiger charge is 2.32. The van der Waals surface area contributed by atoms with E-state index >= 15 is 0 Å². The molecule has 19 heavy (non-hydrogen) atoms.